The molecule has 26 heavy (non-hydrogen) atoms. The second kappa shape index (κ2) is 6.15. The predicted octanol–water partition coefficient (Wildman–Crippen LogP) is 0.885. The number of ether oxygens (including phenoxy) is 2. The third-order valence-corrected chi connectivity index (χ3v) is 4.71. The van der Waals surface area contributed by atoms with Crippen LogP contribution in [0.1, 0.15) is 31.4 Å². The number of hydrazone groups is 1. The second-order valence-corrected chi connectivity index (χ2v) is 6.58. The molecule has 1 saturated heterocycles. The first kappa shape index (κ1) is 17.1. The van der Waals surface area contributed by atoms with Gasteiger partial charge in [0.05, 0.1) is 0 Å². The lowest BCUT2D eigenvalue weighted by Crippen LogP contribution is -2.56. The third-order valence-electron chi connectivity index (χ3n) is 4.71. The van der Waals surface area contributed by atoms with Gasteiger partial charge in [-0.25, -0.2) is 19.6 Å². The van der Waals surface area contributed by atoms with Crippen molar-refractivity contribution in [3.05, 3.63) is 23.8 Å². The number of benzene rings is 1. The van der Waals surface area contributed by atoms with Crippen LogP contribution in [-0.4, -0.2) is 46.7 Å². The number of halogens is 2. The zero-order chi connectivity index (χ0) is 18.5. The zero-order valence-electron chi connectivity index (χ0n) is 13.9. The molecule has 3 aliphatic rings. The number of aliphatic hydroxyl groups is 1. The first-order chi connectivity index (χ1) is 12.4. The second-order valence-electron chi connectivity index (χ2n) is 6.58. The number of hydrogen-bond donors (Lipinski definition) is 3. The molecule has 0 radical (unpaired) electrons. The largest absolute Gasteiger partial charge is 0.454 e. The van der Waals surface area contributed by atoms with Crippen LogP contribution in [-0.2, 0) is 4.79 Å². The Kier molecular flexibility index (Phi) is 4.05. The van der Waals surface area contributed by atoms with E-state index in [1.165, 1.54) is 6.92 Å². The molecule has 3 heterocycles. The normalized spacial score (nSPS) is 30.2. The van der Waals surface area contributed by atoms with Crippen LogP contribution in [0.5, 0.6) is 11.5 Å². The van der Waals surface area contributed by atoms with Crippen LogP contribution in [0.4, 0.5) is 8.78 Å². The first-order valence-electron chi connectivity index (χ1n) is 8.18. The van der Waals surface area contributed by atoms with Crippen molar-refractivity contribution >= 4 is 11.6 Å². The number of hydrogen-bond acceptors (Lipinski definition) is 7. The fourth-order valence-corrected chi connectivity index (χ4v) is 3.37. The Balaban J connectivity index is 1.49. The Bertz CT molecular complexity index is 775. The molecule has 3 N–H and O–H groups in total. The number of hydrazine groups is 1. The van der Waals surface area contributed by atoms with Crippen molar-refractivity contribution in [3.8, 4) is 11.5 Å². The summed E-state index contributed by atoms with van der Waals surface area (Å²) in [7, 11) is 0. The summed E-state index contributed by atoms with van der Waals surface area (Å²) in [5.41, 5.74) is 4.32. The summed E-state index contributed by atoms with van der Waals surface area (Å²) < 4.78 is 37.2. The van der Waals surface area contributed by atoms with Crippen LogP contribution in [0.2, 0.25) is 0 Å². The van der Waals surface area contributed by atoms with E-state index in [1.807, 2.05) is 12.1 Å². The van der Waals surface area contributed by atoms with Crippen LogP contribution in [0.15, 0.2) is 23.3 Å². The van der Waals surface area contributed by atoms with Crippen LogP contribution in [0, 0.1) is 0 Å². The number of alkyl halides is 2. The van der Waals surface area contributed by atoms with Crippen LogP contribution in [0.25, 0.3) is 0 Å². The molecule has 3 aliphatic heterocycles. The van der Waals surface area contributed by atoms with Crippen molar-refractivity contribution in [2.24, 2.45) is 5.10 Å². The number of nitrogens with one attached hydrogen (secondary N) is 2. The molecular weight excluding hydrogens is 350 g/mol. The molecule has 1 fully saturated rings. The molecule has 1 amide bonds. The Morgan fingerprint density at radius 3 is 2.92 bits per heavy atom. The van der Waals surface area contributed by atoms with Crippen LogP contribution >= 0.6 is 0 Å². The van der Waals surface area contributed by atoms with Crippen molar-refractivity contribution in [2.75, 3.05) is 6.79 Å². The smallest absolute Gasteiger partial charge is 0.287 e. The molecule has 0 spiro atoms. The Morgan fingerprint density at radius 2 is 2.15 bits per heavy atom. The van der Waals surface area contributed by atoms with Gasteiger partial charge in [0.25, 0.3) is 12.3 Å². The van der Waals surface area contributed by atoms with E-state index in [4.69, 9.17) is 9.47 Å². The molecule has 0 aliphatic carbocycles. The summed E-state index contributed by atoms with van der Waals surface area (Å²) in [6.45, 7) is 1.66. The molecule has 0 bridgehead atoms. The highest BCUT2D eigenvalue weighted by molar-refractivity contribution is 5.90. The molecule has 0 saturated carbocycles. The minimum absolute atomic E-state index is 0.161. The van der Waals surface area contributed by atoms with Gasteiger partial charge in [-0.2, -0.15) is 10.1 Å². The molecule has 3 atom stereocenters. The Labute approximate surface area is 147 Å². The Morgan fingerprint density at radius 1 is 1.38 bits per heavy atom. The Hall–Kier alpha value is -2.30. The van der Waals surface area contributed by atoms with Crippen molar-refractivity contribution in [1.82, 2.24) is 15.9 Å². The van der Waals surface area contributed by atoms with Gasteiger partial charge in [-0.1, -0.05) is 6.07 Å². The maximum atomic E-state index is 13.3. The van der Waals surface area contributed by atoms with Gasteiger partial charge < -0.3 is 14.6 Å². The van der Waals surface area contributed by atoms with E-state index in [-0.39, 0.29) is 25.0 Å². The van der Waals surface area contributed by atoms with Gasteiger partial charge in [-0.3, -0.25) is 4.79 Å². The zero-order valence-corrected chi connectivity index (χ0v) is 13.9. The van der Waals surface area contributed by atoms with Crippen LogP contribution in [0.3, 0.4) is 0 Å². The standard InChI is InChI=1S/C16H18F2N4O4/c1-8-6-16(24,15(17)18)22(21-8)14(23)11-5-10(19-20-11)9-2-3-12-13(4-9)26-7-25-12/h2-4,10-11,15,19-20,24H,5-7H2,1H3. The fraction of sp³-hybridized carbons (Fsp3) is 0.500. The number of amides is 1. The molecule has 1 aromatic rings. The van der Waals surface area contributed by atoms with Gasteiger partial charge in [0, 0.05) is 18.2 Å². The van der Waals surface area contributed by atoms with Gasteiger partial charge in [-0.05, 0) is 31.0 Å². The molecule has 140 valence electrons. The minimum Gasteiger partial charge on any atom is -0.454 e. The number of carbonyl (C=O) groups excluding carboxylic acids is 1. The highest BCUT2D eigenvalue weighted by atomic mass is 19.3. The van der Waals surface area contributed by atoms with Gasteiger partial charge in [0.15, 0.2) is 11.5 Å². The van der Waals surface area contributed by atoms with Crippen molar-refractivity contribution in [3.63, 3.8) is 0 Å². The summed E-state index contributed by atoms with van der Waals surface area (Å²) in [6, 6.07) is 4.39. The lowest BCUT2D eigenvalue weighted by molar-refractivity contribution is -0.193. The molecule has 3 unspecified atom stereocenters. The van der Waals surface area contributed by atoms with Crippen LogP contribution < -0.4 is 20.3 Å². The molecule has 1 aromatic carbocycles. The van der Waals surface area contributed by atoms with E-state index in [0.29, 0.717) is 22.9 Å². The molecule has 10 heteroatoms. The van der Waals surface area contributed by atoms with E-state index in [0.717, 1.165) is 5.56 Å². The van der Waals surface area contributed by atoms with Gasteiger partial charge in [0.1, 0.15) is 6.04 Å². The van der Waals surface area contributed by atoms with Crippen molar-refractivity contribution < 1.29 is 28.2 Å². The first-order valence-corrected chi connectivity index (χ1v) is 8.18. The topological polar surface area (TPSA) is 95.4 Å². The average Bonchev–Trinajstić information content (AvgIpc) is 3.31. The molecule has 8 nitrogen and oxygen atoms in total. The van der Waals surface area contributed by atoms with E-state index < -0.39 is 24.1 Å². The summed E-state index contributed by atoms with van der Waals surface area (Å²) in [6.07, 6.45) is -3.18. The molecular formula is C16H18F2N4O4. The fourth-order valence-electron chi connectivity index (χ4n) is 3.37. The third kappa shape index (κ3) is 2.70. The summed E-state index contributed by atoms with van der Waals surface area (Å²) >= 11 is 0. The number of fused-ring (bicyclic) bond motifs is 1. The summed E-state index contributed by atoms with van der Waals surface area (Å²) in [4.78, 5) is 12.7. The number of rotatable bonds is 3. The summed E-state index contributed by atoms with van der Waals surface area (Å²) in [5.74, 6) is 0.558. The molecule has 0 aromatic heterocycles. The lowest BCUT2D eigenvalue weighted by Gasteiger charge is -2.31. The SMILES string of the molecule is CC1=NN(C(=O)C2CC(c3ccc4c(c3)OCO4)NN2)C(O)(C(F)F)C1. The maximum absolute atomic E-state index is 13.3. The molecule has 4 rings (SSSR count). The highest BCUT2D eigenvalue weighted by Gasteiger charge is 2.52. The van der Waals surface area contributed by atoms with Gasteiger partial charge in [-0.15, -0.1) is 0 Å². The number of carbonyl (C=O) groups is 1. The average molecular weight is 368 g/mol. The van der Waals surface area contributed by atoms with Gasteiger partial charge in [0.2, 0.25) is 12.5 Å². The van der Waals surface area contributed by atoms with E-state index in [1.54, 1.807) is 6.07 Å². The quantitative estimate of drug-likeness (QED) is 0.733. The predicted molar refractivity (Wildman–Crippen MR) is 85.5 cm³/mol. The summed E-state index contributed by atoms with van der Waals surface area (Å²) in [5, 5.41) is 14.5. The van der Waals surface area contributed by atoms with E-state index in [9.17, 15) is 18.7 Å². The maximum Gasteiger partial charge on any atom is 0.287 e. The minimum atomic E-state index is -3.12. The highest BCUT2D eigenvalue weighted by Crippen LogP contribution is 2.37. The van der Waals surface area contributed by atoms with Crippen molar-refractivity contribution in [2.45, 2.75) is 44.0 Å². The van der Waals surface area contributed by atoms with E-state index >= 15 is 0 Å². The monoisotopic (exact) mass is 368 g/mol. The lowest BCUT2D eigenvalue weighted by atomic mass is 10.0. The number of nitrogens with zero attached hydrogens (tertiary/aromatic N) is 2. The van der Waals surface area contributed by atoms with Gasteiger partial charge >= 0.3 is 0 Å². The van der Waals surface area contributed by atoms with Crippen molar-refractivity contribution in [1.29, 1.82) is 0 Å². The van der Waals surface area contributed by atoms with E-state index in [2.05, 4.69) is 16.0 Å².